The van der Waals surface area contributed by atoms with E-state index < -0.39 is 78.0 Å². The number of carbonyl (C=O) groups excluding carboxylic acids is 3. The molecule has 6 atom stereocenters. The van der Waals surface area contributed by atoms with Crippen molar-refractivity contribution in [1.29, 1.82) is 0 Å². The molecular weight excluding hydrogens is 849 g/mol. The van der Waals surface area contributed by atoms with Crippen molar-refractivity contribution in [3.63, 3.8) is 0 Å². The Morgan fingerprint density at radius 2 is 0.567 bits per heavy atom. The monoisotopic (exact) mass is 900 g/mol. The third-order valence-electron chi connectivity index (χ3n) is 8.18. The van der Waals surface area contributed by atoms with Crippen molar-refractivity contribution in [2.75, 3.05) is 39.6 Å². The fourth-order valence-corrected chi connectivity index (χ4v) is 9.97. The van der Waals surface area contributed by atoms with Crippen LogP contribution in [0.5, 0.6) is 0 Å². The summed E-state index contributed by atoms with van der Waals surface area (Å²) < 4.78 is 113. The number of ether oxygens (including phenoxy) is 3. The summed E-state index contributed by atoms with van der Waals surface area (Å²) in [7, 11) is -14.3. The molecule has 4 rings (SSSR count). The Balaban J connectivity index is 2.11. The van der Waals surface area contributed by atoms with Gasteiger partial charge in [0.15, 0.2) is 18.3 Å². The van der Waals surface area contributed by atoms with E-state index in [1.165, 1.54) is 77.9 Å². The van der Waals surface area contributed by atoms with Gasteiger partial charge in [0.05, 0.1) is 56.3 Å². The fourth-order valence-electron chi connectivity index (χ4n) is 5.87. The van der Waals surface area contributed by atoms with Crippen LogP contribution in [0, 0.1) is 0 Å². The second-order valence-corrected chi connectivity index (χ2v) is 17.1. The third kappa shape index (κ3) is 13.4. The van der Waals surface area contributed by atoms with E-state index in [4.69, 9.17) is 54.9 Å². The van der Waals surface area contributed by atoms with Gasteiger partial charge in [-0.2, -0.15) is 0 Å². The summed E-state index contributed by atoms with van der Waals surface area (Å²) in [5, 5.41) is 0. The summed E-state index contributed by atoms with van der Waals surface area (Å²) in [4.78, 5) is 42.3. The molecule has 60 heavy (non-hydrogen) atoms. The van der Waals surface area contributed by atoms with Crippen LogP contribution in [0.1, 0.15) is 72.6 Å². The molecule has 1 fully saturated rings. The van der Waals surface area contributed by atoms with Crippen molar-refractivity contribution >= 4 is 41.4 Å². The van der Waals surface area contributed by atoms with Crippen LogP contribution in [0.4, 0.5) is 0 Å². The summed E-state index contributed by atoms with van der Waals surface area (Å²) in [6.45, 7) is 7.53. The highest BCUT2D eigenvalue weighted by atomic mass is 31.2. The lowest BCUT2D eigenvalue weighted by molar-refractivity contribution is -0.215. The summed E-state index contributed by atoms with van der Waals surface area (Å²) >= 11 is 0. The molecule has 0 heterocycles. The van der Waals surface area contributed by atoms with Crippen LogP contribution in [-0.2, 0) is 68.6 Å². The summed E-state index contributed by atoms with van der Waals surface area (Å²) in [5.74, 6) is -3.15. The van der Waals surface area contributed by atoms with Crippen LogP contribution in [0.25, 0.3) is 0 Å². The molecular formula is C39H51O18P3. The average Bonchev–Trinajstić information content (AvgIpc) is 3.23. The molecule has 0 unspecified atom stereocenters. The quantitative estimate of drug-likeness (QED) is 0.0469. The van der Waals surface area contributed by atoms with Crippen LogP contribution in [0.15, 0.2) is 91.0 Å². The van der Waals surface area contributed by atoms with Crippen LogP contribution in [-0.4, -0.2) is 94.2 Å². The van der Waals surface area contributed by atoms with Gasteiger partial charge in [0.1, 0.15) is 18.3 Å². The highest BCUT2D eigenvalue weighted by Crippen LogP contribution is 2.59. The summed E-state index contributed by atoms with van der Waals surface area (Å²) in [5.41, 5.74) is -0.0476. The van der Waals surface area contributed by atoms with Crippen molar-refractivity contribution in [2.45, 2.75) is 78.2 Å². The first-order valence-electron chi connectivity index (χ1n) is 19.3. The third-order valence-corrected chi connectivity index (χ3v) is 13.1. The molecule has 0 saturated heterocycles. The van der Waals surface area contributed by atoms with Gasteiger partial charge in [-0.3, -0.25) is 40.7 Å². The Morgan fingerprint density at radius 1 is 0.367 bits per heavy atom. The highest BCUT2D eigenvalue weighted by molar-refractivity contribution is 7.49. The van der Waals surface area contributed by atoms with Gasteiger partial charge in [0.25, 0.3) is 0 Å². The van der Waals surface area contributed by atoms with E-state index in [2.05, 4.69) is 0 Å². The minimum absolute atomic E-state index is 0.0117. The molecule has 1 saturated carbocycles. The lowest BCUT2D eigenvalue weighted by Crippen LogP contribution is -2.68. The van der Waals surface area contributed by atoms with Gasteiger partial charge in [0, 0.05) is 0 Å². The molecule has 1 aliphatic rings. The van der Waals surface area contributed by atoms with Gasteiger partial charge in [-0.25, -0.2) is 28.1 Å². The van der Waals surface area contributed by atoms with Crippen LogP contribution >= 0.6 is 23.5 Å². The molecule has 0 bridgehead atoms. The van der Waals surface area contributed by atoms with Gasteiger partial charge < -0.3 is 14.2 Å². The zero-order valence-corrected chi connectivity index (χ0v) is 36.7. The molecule has 0 amide bonds. The van der Waals surface area contributed by atoms with Crippen molar-refractivity contribution in [2.24, 2.45) is 0 Å². The number of hydrogen-bond donors (Lipinski definition) is 0. The highest BCUT2D eigenvalue weighted by Gasteiger charge is 2.63. The zero-order valence-electron chi connectivity index (χ0n) is 34.1. The first-order chi connectivity index (χ1) is 28.8. The van der Waals surface area contributed by atoms with Gasteiger partial charge in [-0.05, 0) is 77.9 Å². The minimum atomic E-state index is -4.77. The van der Waals surface area contributed by atoms with E-state index in [0.29, 0.717) is 0 Å². The molecule has 0 N–H and O–H groups in total. The van der Waals surface area contributed by atoms with E-state index in [1.54, 1.807) is 54.6 Å². The standard InChI is InChI=1S/C39H51O18P3/c1-7-46-58(43,47-8-2)55-34-31(52-37(40)28-22-16-13-17-23-28)32(53-38(41)29-24-18-14-19-25-29)35(56-59(44,48-9-3)49-10-4)36(57-60(45,50-11-5)51-12-6)33(34)54-39(42)30-26-20-15-21-27-30/h13-27,31-36H,7-12H2,1-6H3/t31-,32-,33+,34+,35+,36+/m1/s1. The number of rotatable bonds is 24. The number of benzene rings is 3. The maximum absolute atomic E-state index is 14.4. The Hall–Kier alpha value is -3.60. The van der Waals surface area contributed by atoms with E-state index in [0.717, 1.165) is 0 Å². The first kappa shape index (κ1) is 49.1. The van der Waals surface area contributed by atoms with Gasteiger partial charge in [-0.1, -0.05) is 54.6 Å². The molecule has 0 radical (unpaired) electrons. The maximum atomic E-state index is 14.4. The SMILES string of the molecule is CCOP(=O)(OCC)O[C@H]1[C@H](OC(=O)c2ccccc2)[C@@H](OC(=O)c2ccccc2)[C@H](OP(=O)(OCC)OCC)[C@@H](OP(=O)(OCC)OCC)[C@H]1OC(=O)c1ccccc1. The number of phosphoric ester groups is 3. The number of phosphoric acid groups is 3. The second-order valence-electron chi connectivity index (χ2n) is 12.3. The molecule has 0 aliphatic heterocycles. The number of hydrogen-bond acceptors (Lipinski definition) is 18. The van der Waals surface area contributed by atoms with E-state index in [9.17, 15) is 28.1 Å². The molecule has 0 spiro atoms. The topological polar surface area (TPSA) is 213 Å². The zero-order chi connectivity index (χ0) is 43.8. The number of carbonyl (C=O) groups is 3. The molecule has 18 nitrogen and oxygen atoms in total. The lowest BCUT2D eigenvalue weighted by atomic mass is 9.84. The van der Waals surface area contributed by atoms with Crippen molar-refractivity contribution in [1.82, 2.24) is 0 Å². The molecule has 1 aliphatic carbocycles. The maximum Gasteiger partial charge on any atom is 0.475 e. The predicted molar refractivity (Wildman–Crippen MR) is 214 cm³/mol. The van der Waals surface area contributed by atoms with Crippen molar-refractivity contribution in [3.8, 4) is 0 Å². The first-order valence-corrected chi connectivity index (χ1v) is 23.7. The van der Waals surface area contributed by atoms with E-state index in [-0.39, 0.29) is 56.3 Å². The Kier molecular flexibility index (Phi) is 19.3. The summed E-state index contributed by atoms with van der Waals surface area (Å²) in [6, 6.07) is 22.7. The van der Waals surface area contributed by atoms with Gasteiger partial charge in [0.2, 0.25) is 0 Å². The van der Waals surface area contributed by atoms with E-state index >= 15 is 0 Å². The molecule has 21 heteroatoms. The Labute approximate surface area is 349 Å². The van der Waals surface area contributed by atoms with Crippen LogP contribution < -0.4 is 0 Å². The smallest absolute Gasteiger partial charge is 0.453 e. The predicted octanol–water partition coefficient (Wildman–Crippen LogP) is 8.38. The van der Waals surface area contributed by atoms with Gasteiger partial charge >= 0.3 is 41.4 Å². The fraction of sp³-hybridized carbons (Fsp3) is 0.462. The Bertz CT molecular complexity index is 1920. The van der Waals surface area contributed by atoms with Crippen LogP contribution in [0.3, 0.4) is 0 Å². The molecule has 0 aromatic heterocycles. The number of esters is 3. The minimum Gasteiger partial charge on any atom is -0.453 e. The summed E-state index contributed by atoms with van der Waals surface area (Å²) in [6.07, 6.45) is -12.4. The van der Waals surface area contributed by atoms with E-state index in [1.807, 2.05) is 0 Å². The second kappa shape index (κ2) is 23.6. The normalized spacial score (nSPS) is 20.9. The largest absolute Gasteiger partial charge is 0.475 e. The average molecular weight is 901 g/mol. The lowest BCUT2D eigenvalue weighted by Gasteiger charge is -2.48. The molecule has 330 valence electrons. The molecule has 3 aromatic carbocycles. The Morgan fingerprint density at radius 3 is 0.783 bits per heavy atom. The molecule has 3 aromatic rings. The van der Waals surface area contributed by atoms with Gasteiger partial charge in [-0.15, -0.1) is 0 Å². The van der Waals surface area contributed by atoms with Crippen LogP contribution in [0.2, 0.25) is 0 Å². The van der Waals surface area contributed by atoms with Crippen molar-refractivity contribution < 1.29 is 83.0 Å². The van der Waals surface area contributed by atoms with Crippen molar-refractivity contribution in [3.05, 3.63) is 108 Å².